The molecule has 2 rings (SSSR count). The molecule has 2 aromatic rings. The number of ether oxygens (including phenoxy) is 2. The van der Waals surface area contributed by atoms with Gasteiger partial charge in [-0.15, -0.1) is 5.10 Å². The molecular formula is C13H15N3O4. The molecular weight excluding hydrogens is 262 g/mol. The van der Waals surface area contributed by atoms with Crippen molar-refractivity contribution in [3.63, 3.8) is 0 Å². The number of aromatic nitrogens is 3. The number of hydrogen-bond acceptors (Lipinski definition) is 6. The van der Waals surface area contributed by atoms with Gasteiger partial charge in [0.1, 0.15) is 5.69 Å². The molecule has 0 saturated carbocycles. The molecule has 20 heavy (non-hydrogen) atoms. The van der Waals surface area contributed by atoms with E-state index in [1.807, 2.05) is 0 Å². The first kappa shape index (κ1) is 13.9. The fraction of sp³-hybridized carbons (Fsp3) is 0.308. The van der Waals surface area contributed by atoms with Crippen LogP contribution >= 0.6 is 0 Å². The van der Waals surface area contributed by atoms with E-state index in [-0.39, 0.29) is 18.1 Å². The number of hydrogen-bond donors (Lipinski definition) is 2. The molecule has 0 spiro atoms. The van der Waals surface area contributed by atoms with Crippen molar-refractivity contribution in [3.05, 3.63) is 35.2 Å². The largest absolute Gasteiger partial charge is 0.504 e. The fourth-order valence-corrected chi connectivity index (χ4v) is 1.78. The number of carbonyl (C=O) groups excluding carboxylic acids is 1. The molecule has 0 aliphatic carbocycles. The number of nitrogens with one attached hydrogen (secondary N) is 1. The summed E-state index contributed by atoms with van der Waals surface area (Å²) in [4.78, 5) is 11.7. The van der Waals surface area contributed by atoms with Crippen LogP contribution in [0.25, 0.3) is 0 Å². The second-order valence-electron chi connectivity index (χ2n) is 4.02. The number of benzene rings is 1. The van der Waals surface area contributed by atoms with Crippen LogP contribution in [0.3, 0.4) is 0 Å². The molecule has 0 aliphatic heterocycles. The normalized spacial score (nSPS) is 10.3. The molecule has 1 heterocycles. The van der Waals surface area contributed by atoms with Crippen LogP contribution in [0.1, 0.15) is 28.7 Å². The van der Waals surface area contributed by atoms with Crippen LogP contribution in [0.4, 0.5) is 0 Å². The zero-order valence-corrected chi connectivity index (χ0v) is 11.2. The van der Waals surface area contributed by atoms with Crippen LogP contribution in [0.5, 0.6) is 11.5 Å². The first-order chi connectivity index (χ1) is 9.65. The van der Waals surface area contributed by atoms with E-state index in [1.165, 1.54) is 7.11 Å². The Kier molecular flexibility index (Phi) is 4.19. The highest BCUT2D eigenvalue weighted by Gasteiger charge is 2.18. The predicted octanol–water partition coefficient (Wildman–Crippen LogP) is 1.29. The van der Waals surface area contributed by atoms with Gasteiger partial charge >= 0.3 is 5.97 Å². The van der Waals surface area contributed by atoms with E-state index in [1.54, 1.807) is 25.1 Å². The fourth-order valence-electron chi connectivity index (χ4n) is 1.78. The van der Waals surface area contributed by atoms with Crippen LogP contribution < -0.4 is 4.74 Å². The summed E-state index contributed by atoms with van der Waals surface area (Å²) in [5.74, 6) is -0.0975. The molecule has 7 heteroatoms. The SMILES string of the molecule is CCOC(=O)c1n[nH]nc1Cc1ccc(OC)c(O)c1. The lowest BCUT2D eigenvalue weighted by atomic mass is 10.1. The maximum Gasteiger partial charge on any atom is 0.360 e. The summed E-state index contributed by atoms with van der Waals surface area (Å²) in [6.07, 6.45) is 0.349. The van der Waals surface area contributed by atoms with E-state index in [0.717, 1.165) is 5.56 Å². The van der Waals surface area contributed by atoms with Gasteiger partial charge in [0, 0.05) is 6.42 Å². The van der Waals surface area contributed by atoms with Crippen molar-refractivity contribution in [2.75, 3.05) is 13.7 Å². The summed E-state index contributed by atoms with van der Waals surface area (Å²) in [6.45, 7) is 1.99. The van der Waals surface area contributed by atoms with Crippen molar-refractivity contribution in [1.82, 2.24) is 15.4 Å². The lowest BCUT2D eigenvalue weighted by Gasteiger charge is -2.05. The van der Waals surface area contributed by atoms with Gasteiger partial charge < -0.3 is 14.6 Å². The van der Waals surface area contributed by atoms with Gasteiger partial charge in [0.15, 0.2) is 17.2 Å². The number of nitrogens with zero attached hydrogens (tertiary/aromatic N) is 2. The molecule has 2 N–H and O–H groups in total. The third-order valence-electron chi connectivity index (χ3n) is 2.70. The number of carbonyl (C=O) groups is 1. The van der Waals surface area contributed by atoms with E-state index in [9.17, 15) is 9.90 Å². The van der Waals surface area contributed by atoms with Gasteiger partial charge in [-0.25, -0.2) is 4.79 Å². The van der Waals surface area contributed by atoms with Crippen molar-refractivity contribution < 1.29 is 19.4 Å². The molecule has 0 atom stereocenters. The van der Waals surface area contributed by atoms with Crippen molar-refractivity contribution in [2.24, 2.45) is 0 Å². The third-order valence-corrected chi connectivity index (χ3v) is 2.70. The molecule has 7 nitrogen and oxygen atoms in total. The molecule has 1 aromatic carbocycles. The van der Waals surface area contributed by atoms with Crippen molar-refractivity contribution in [3.8, 4) is 11.5 Å². The molecule has 0 fully saturated rings. The molecule has 106 valence electrons. The Morgan fingerprint density at radius 3 is 2.85 bits per heavy atom. The van der Waals surface area contributed by atoms with Crippen LogP contribution in [-0.2, 0) is 11.2 Å². The summed E-state index contributed by atoms with van der Waals surface area (Å²) in [5, 5.41) is 19.9. The number of methoxy groups -OCH3 is 1. The topological polar surface area (TPSA) is 97.3 Å². The summed E-state index contributed by atoms with van der Waals surface area (Å²) in [7, 11) is 1.48. The first-order valence-corrected chi connectivity index (χ1v) is 6.08. The van der Waals surface area contributed by atoms with E-state index >= 15 is 0 Å². The molecule has 0 saturated heterocycles. The zero-order valence-electron chi connectivity index (χ0n) is 11.2. The summed E-state index contributed by atoms with van der Waals surface area (Å²) in [6, 6.07) is 4.99. The van der Waals surface area contributed by atoms with Gasteiger partial charge in [-0.2, -0.15) is 10.3 Å². The van der Waals surface area contributed by atoms with Crippen molar-refractivity contribution in [2.45, 2.75) is 13.3 Å². The Morgan fingerprint density at radius 1 is 1.40 bits per heavy atom. The van der Waals surface area contributed by atoms with E-state index in [0.29, 0.717) is 17.9 Å². The van der Waals surface area contributed by atoms with E-state index < -0.39 is 5.97 Å². The average Bonchev–Trinajstić information content (AvgIpc) is 2.87. The van der Waals surface area contributed by atoms with E-state index in [2.05, 4.69) is 15.4 Å². The van der Waals surface area contributed by atoms with Gasteiger partial charge in [0.2, 0.25) is 0 Å². The predicted molar refractivity (Wildman–Crippen MR) is 69.8 cm³/mol. The molecule has 0 unspecified atom stereocenters. The molecule has 0 bridgehead atoms. The minimum atomic E-state index is -0.519. The maximum absolute atomic E-state index is 11.7. The summed E-state index contributed by atoms with van der Waals surface area (Å²) >= 11 is 0. The second-order valence-corrected chi connectivity index (χ2v) is 4.02. The average molecular weight is 277 g/mol. The van der Waals surface area contributed by atoms with Crippen LogP contribution in [-0.4, -0.2) is 40.2 Å². The van der Waals surface area contributed by atoms with Gasteiger partial charge in [-0.3, -0.25) is 0 Å². The van der Waals surface area contributed by atoms with Crippen molar-refractivity contribution in [1.29, 1.82) is 0 Å². The van der Waals surface area contributed by atoms with Crippen LogP contribution in [0.2, 0.25) is 0 Å². The smallest absolute Gasteiger partial charge is 0.360 e. The maximum atomic E-state index is 11.7. The summed E-state index contributed by atoms with van der Waals surface area (Å²) < 4.78 is 9.86. The van der Waals surface area contributed by atoms with Gasteiger partial charge in [0.05, 0.1) is 13.7 Å². The highest BCUT2D eigenvalue weighted by Crippen LogP contribution is 2.27. The van der Waals surface area contributed by atoms with Crippen LogP contribution in [0, 0.1) is 0 Å². The number of phenols is 1. The Bertz CT molecular complexity index is 609. The number of aromatic amines is 1. The molecule has 0 radical (unpaired) electrons. The number of phenolic OH excluding ortho intramolecular Hbond substituents is 1. The highest BCUT2D eigenvalue weighted by atomic mass is 16.5. The standard InChI is InChI=1S/C13H15N3O4/c1-3-20-13(18)12-9(14-16-15-12)6-8-4-5-11(19-2)10(17)7-8/h4-5,7,17H,3,6H2,1-2H3,(H,14,15,16). The Balaban J connectivity index is 2.20. The minimum Gasteiger partial charge on any atom is -0.504 e. The molecule has 0 aliphatic rings. The number of esters is 1. The Morgan fingerprint density at radius 2 is 2.20 bits per heavy atom. The number of rotatable bonds is 5. The zero-order chi connectivity index (χ0) is 14.5. The minimum absolute atomic E-state index is 0.0335. The monoisotopic (exact) mass is 277 g/mol. The lowest BCUT2D eigenvalue weighted by Crippen LogP contribution is -2.08. The van der Waals surface area contributed by atoms with Gasteiger partial charge in [-0.05, 0) is 24.6 Å². The number of H-pyrrole nitrogens is 1. The quantitative estimate of drug-likeness (QED) is 0.799. The third kappa shape index (κ3) is 2.87. The first-order valence-electron chi connectivity index (χ1n) is 6.08. The summed E-state index contributed by atoms with van der Waals surface area (Å²) in [5.41, 5.74) is 1.40. The van der Waals surface area contributed by atoms with Gasteiger partial charge in [0.25, 0.3) is 0 Å². The van der Waals surface area contributed by atoms with Gasteiger partial charge in [-0.1, -0.05) is 6.07 Å². The van der Waals surface area contributed by atoms with Crippen LogP contribution in [0.15, 0.2) is 18.2 Å². The highest BCUT2D eigenvalue weighted by molar-refractivity contribution is 5.88. The molecule has 1 aromatic heterocycles. The Labute approximate surface area is 115 Å². The van der Waals surface area contributed by atoms with Crippen molar-refractivity contribution >= 4 is 5.97 Å². The second kappa shape index (κ2) is 6.05. The lowest BCUT2D eigenvalue weighted by molar-refractivity contribution is 0.0518. The number of aromatic hydroxyl groups is 1. The Hall–Kier alpha value is -2.57. The van der Waals surface area contributed by atoms with E-state index in [4.69, 9.17) is 9.47 Å². The molecule has 0 amide bonds.